The number of imide groups is 2. The molecule has 12 nitrogen and oxygen atoms in total. The summed E-state index contributed by atoms with van der Waals surface area (Å²) in [5.41, 5.74) is -0.474. The average Bonchev–Trinajstić information content (AvgIpc) is 3.45. The Labute approximate surface area is 320 Å². The van der Waals surface area contributed by atoms with Crippen LogP contribution in [0.3, 0.4) is 0 Å². The molecule has 0 unspecified atom stereocenters. The molecule has 55 heavy (non-hydrogen) atoms. The number of ether oxygens (including phenoxy) is 1. The van der Waals surface area contributed by atoms with Crippen molar-refractivity contribution in [3.63, 3.8) is 0 Å². The lowest BCUT2D eigenvalue weighted by atomic mass is 9.69. The Morgan fingerprint density at radius 3 is 1.60 bits per heavy atom. The molecule has 4 aliphatic heterocycles. The van der Waals surface area contributed by atoms with Crippen molar-refractivity contribution in [3.05, 3.63) is 59.2 Å². The summed E-state index contributed by atoms with van der Waals surface area (Å²) < 4.78 is 33.8. The van der Waals surface area contributed by atoms with Crippen molar-refractivity contribution < 1.29 is 37.5 Å². The molecule has 3 fully saturated rings. The van der Waals surface area contributed by atoms with Crippen LogP contribution in [0, 0.1) is 29.4 Å². The number of amides is 6. The Bertz CT molecular complexity index is 1850. The molecule has 4 heterocycles. The molecule has 1 saturated carbocycles. The van der Waals surface area contributed by atoms with Gasteiger partial charge in [0.25, 0.3) is 6.47 Å². The molecule has 2 aromatic rings. The zero-order valence-corrected chi connectivity index (χ0v) is 32.2. The van der Waals surface area contributed by atoms with Crippen molar-refractivity contribution in [2.75, 3.05) is 62.2 Å². The summed E-state index contributed by atoms with van der Waals surface area (Å²) >= 11 is 0. The number of benzene rings is 2. The van der Waals surface area contributed by atoms with Gasteiger partial charge in [0, 0.05) is 26.2 Å². The maximum absolute atomic E-state index is 14.0. The fourth-order valence-corrected chi connectivity index (χ4v) is 9.45. The van der Waals surface area contributed by atoms with Gasteiger partial charge in [-0.2, -0.15) is 0 Å². The minimum absolute atomic E-state index is 0.224. The molecule has 5 aliphatic rings. The Hall–Kier alpha value is -4.43. The Morgan fingerprint density at radius 2 is 1.16 bits per heavy atom. The van der Waals surface area contributed by atoms with Gasteiger partial charge in [-0.05, 0) is 146 Å². The number of carbonyl (C=O) groups excluding carboxylic acids is 5. The first-order valence-electron chi connectivity index (χ1n) is 19.5. The minimum Gasteiger partial charge on any atom is -0.460 e. The molecule has 0 atom stereocenters. The van der Waals surface area contributed by atoms with Crippen LogP contribution in [-0.2, 0) is 30.0 Å². The summed E-state index contributed by atoms with van der Waals surface area (Å²) in [5, 5.41) is 5.84. The summed E-state index contributed by atoms with van der Waals surface area (Å²) in [4.78, 5) is 71.0. The van der Waals surface area contributed by atoms with Gasteiger partial charge in [0.15, 0.2) is 0 Å². The number of anilines is 2. The van der Waals surface area contributed by atoms with Crippen LogP contribution in [0.4, 0.5) is 29.7 Å². The van der Waals surface area contributed by atoms with Crippen molar-refractivity contribution in [1.82, 2.24) is 20.4 Å². The number of fused-ring (bicyclic) bond motifs is 2. The van der Waals surface area contributed by atoms with E-state index < -0.39 is 40.1 Å². The lowest BCUT2D eigenvalue weighted by Gasteiger charge is -2.50. The molecule has 2 saturated heterocycles. The van der Waals surface area contributed by atoms with Crippen molar-refractivity contribution in [2.45, 2.75) is 82.7 Å². The zero-order valence-electron chi connectivity index (χ0n) is 32.2. The maximum Gasteiger partial charge on any atom is 0.328 e. The number of piperidine rings is 2. The average molecular weight is 763 g/mol. The fraction of sp³-hybridized carbons (Fsp3) is 0.585. The molecule has 2 aromatic carbocycles. The predicted molar refractivity (Wildman–Crippen MR) is 202 cm³/mol. The first kappa shape index (κ1) is 38.8. The third kappa shape index (κ3) is 7.47. The molecule has 6 amide bonds. The Kier molecular flexibility index (Phi) is 10.5. The topological polar surface area (TPSA) is 132 Å². The third-order valence-electron chi connectivity index (χ3n) is 12.8. The number of nitrogens with zero attached hydrogens (tertiary/aromatic N) is 4. The minimum atomic E-state index is -0.918. The second kappa shape index (κ2) is 14.9. The van der Waals surface area contributed by atoms with E-state index in [-0.39, 0.29) is 23.7 Å². The fourth-order valence-electron chi connectivity index (χ4n) is 9.45. The second-order valence-corrected chi connectivity index (χ2v) is 17.4. The van der Waals surface area contributed by atoms with Crippen molar-refractivity contribution in [2.24, 2.45) is 17.8 Å². The summed E-state index contributed by atoms with van der Waals surface area (Å²) in [6.07, 6.45) is 5.09. The molecule has 0 bridgehead atoms. The van der Waals surface area contributed by atoms with E-state index in [0.717, 1.165) is 81.0 Å². The van der Waals surface area contributed by atoms with Crippen LogP contribution < -0.4 is 20.4 Å². The van der Waals surface area contributed by atoms with Crippen LogP contribution in [0.5, 0.6) is 0 Å². The SMILES string of the molecule is CC1(C)C(=O)N(C(=O)NCC2CCN(CC3CC(CN4CCC(CNC(=O)N5C(=O)C(C)(C)c6ccc(F)cc65)CC4)(OC=O)C3)CC2)c2cc(F)ccc21. The van der Waals surface area contributed by atoms with E-state index in [1.165, 1.54) is 24.3 Å². The van der Waals surface area contributed by atoms with E-state index in [1.54, 1.807) is 39.8 Å². The monoisotopic (exact) mass is 762 g/mol. The van der Waals surface area contributed by atoms with Gasteiger partial charge in [-0.25, -0.2) is 28.2 Å². The highest BCUT2D eigenvalue weighted by molar-refractivity contribution is 6.23. The normalized spacial score (nSPS) is 25.3. The van der Waals surface area contributed by atoms with Gasteiger partial charge in [-0.3, -0.25) is 19.3 Å². The molecule has 0 spiro atoms. The van der Waals surface area contributed by atoms with E-state index in [9.17, 15) is 32.8 Å². The summed E-state index contributed by atoms with van der Waals surface area (Å²) in [5.74, 6) is -0.836. The number of likely N-dealkylation sites (tertiary alicyclic amines) is 2. The van der Waals surface area contributed by atoms with Gasteiger partial charge in [-0.1, -0.05) is 12.1 Å². The number of urea groups is 2. The Balaban J connectivity index is 0.816. The molecular formula is C41H52F2N6O6. The number of halogens is 2. The van der Waals surface area contributed by atoms with Gasteiger partial charge in [0.1, 0.15) is 17.2 Å². The van der Waals surface area contributed by atoms with Gasteiger partial charge in [-0.15, -0.1) is 0 Å². The van der Waals surface area contributed by atoms with Crippen LogP contribution in [0.1, 0.15) is 77.3 Å². The molecule has 0 aromatic heterocycles. The van der Waals surface area contributed by atoms with Crippen molar-refractivity contribution >= 4 is 41.7 Å². The van der Waals surface area contributed by atoms with Crippen molar-refractivity contribution in [1.29, 1.82) is 0 Å². The first-order valence-corrected chi connectivity index (χ1v) is 19.5. The molecule has 1 aliphatic carbocycles. The highest BCUT2D eigenvalue weighted by Gasteiger charge is 2.50. The number of hydrogen-bond donors (Lipinski definition) is 2. The molecular weight excluding hydrogens is 710 g/mol. The lowest BCUT2D eigenvalue weighted by Crippen LogP contribution is -2.57. The molecule has 2 N–H and O–H groups in total. The maximum atomic E-state index is 14.0. The third-order valence-corrected chi connectivity index (χ3v) is 12.8. The van der Waals surface area contributed by atoms with Crippen LogP contribution in [0.15, 0.2) is 36.4 Å². The molecule has 14 heteroatoms. The Morgan fingerprint density at radius 1 is 0.727 bits per heavy atom. The summed E-state index contributed by atoms with van der Waals surface area (Å²) in [6, 6.07) is 7.18. The number of nitrogens with one attached hydrogen (secondary N) is 2. The summed E-state index contributed by atoms with van der Waals surface area (Å²) in [7, 11) is 0. The smallest absolute Gasteiger partial charge is 0.328 e. The van der Waals surface area contributed by atoms with E-state index >= 15 is 0 Å². The predicted octanol–water partition coefficient (Wildman–Crippen LogP) is 5.08. The van der Waals surface area contributed by atoms with Crippen LogP contribution in [0.25, 0.3) is 0 Å². The quantitative estimate of drug-likeness (QED) is 0.321. The standard InChI is InChI=1S/C41H52F2N6O6/c1-39(2)31-7-5-29(42)17-33(31)48(35(39)51)37(53)44-21-26-9-13-46(14-10-26)23-28-19-41(20-28,55-25-50)24-47-15-11-27(12-16-47)22-45-38(54)49-34-18-30(43)6-8-32(34)40(3,4)36(49)52/h5-8,17-18,25-28H,9-16,19-24H2,1-4H3,(H,44,53)(H,45,54). The van der Waals surface area contributed by atoms with E-state index in [4.69, 9.17) is 4.74 Å². The lowest BCUT2D eigenvalue weighted by molar-refractivity contribution is -0.167. The highest BCUT2D eigenvalue weighted by atomic mass is 19.1. The van der Waals surface area contributed by atoms with E-state index in [1.807, 2.05) is 0 Å². The van der Waals surface area contributed by atoms with E-state index in [2.05, 4.69) is 20.4 Å². The van der Waals surface area contributed by atoms with Gasteiger partial charge in [0.05, 0.1) is 22.2 Å². The second-order valence-electron chi connectivity index (χ2n) is 17.4. The van der Waals surface area contributed by atoms with E-state index in [0.29, 0.717) is 54.5 Å². The molecule has 0 radical (unpaired) electrons. The van der Waals surface area contributed by atoms with Crippen LogP contribution >= 0.6 is 0 Å². The van der Waals surface area contributed by atoms with Gasteiger partial charge in [0.2, 0.25) is 11.8 Å². The highest BCUT2D eigenvalue weighted by Crippen LogP contribution is 2.44. The summed E-state index contributed by atoms with van der Waals surface area (Å²) in [6.45, 7) is 13.3. The largest absolute Gasteiger partial charge is 0.460 e. The molecule has 296 valence electrons. The zero-order chi connectivity index (χ0) is 39.3. The number of hydrogen-bond acceptors (Lipinski definition) is 8. The molecule has 7 rings (SSSR count). The van der Waals surface area contributed by atoms with Gasteiger partial charge >= 0.3 is 12.1 Å². The van der Waals surface area contributed by atoms with Crippen LogP contribution in [0.2, 0.25) is 0 Å². The number of rotatable bonds is 10. The van der Waals surface area contributed by atoms with Crippen molar-refractivity contribution in [3.8, 4) is 0 Å². The van der Waals surface area contributed by atoms with Gasteiger partial charge < -0.3 is 20.3 Å². The number of carbonyl (C=O) groups is 5. The first-order chi connectivity index (χ1) is 26.1. The van der Waals surface area contributed by atoms with Crippen LogP contribution in [-0.4, -0.2) is 98.1 Å².